The van der Waals surface area contributed by atoms with Crippen molar-refractivity contribution in [2.24, 2.45) is 11.8 Å². The summed E-state index contributed by atoms with van der Waals surface area (Å²) in [6.07, 6.45) is 2.75. The molecule has 0 saturated carbocycles. The van der Waals surface area contributed by atoms with Crippen molar-refractivity contribution < 1.29 is 14.3 Å². The summed E-state index contributed by atoms with van der Waals surface area (Å²) in [5, 5.41) is 9.19. The number of para-hydroxylation sites is 1. The molecule has 162 valence electrons. The molecule has 7 heteroatoms. The number of benzene rings is 2. The number of hydrogen-bond acceptors (Lipinski definition) is 4. The van der Waals surface area contributed by atoms with Crippen LogP contribution in [-0.2, 0) is 4.79 Å². The number of anilines is 2. The largest absolute Gasteiger partial charge is 0.497 e. The second kappa shape index (κ2) is 11.6. The maximum absolute atomic E-state index is 12.8. The van der Waals surface area contributed by atoms with Gasteiger partial charge in [-0.15, -0.1) is 12.4 Å². The molecule has 1 saturated heterocycles. The molecule has 2 aromatic rings. The van der Waals surface area contributed by atoms with Crippen molar-refractivity contribution in [1.82, 2.24) is 5.32 Å². The van der Waals surface area contributed by atoms with E-state index in [2.05, 4.69) is 22.9 Å². The van der Waals surface area contributed by atoms with Crippen LogP contribution in [0.3, 0.4) is 0 Å². The number of rotatable bonds is 7. The van der Waals surface area contributed by atoms with Crippen molar-refractivity contribution in [3.63, 3.8) is 0 Å². The molecule has 0 aliphatic carbocycles. The first-order valence-corrected chi connectivity index (χ1v) is 10.1. The quantitative estimate of drug-likeness (QED) is 0.609. The number of piperidine rings is 1. The van der Waals surface area contributed by atoms with E-state index in [-0.39, 0.29) is 24.2 Å². The van der Waals surface area contributed by atoms with E-state index in [0.29, 0.717) is 40.9 Å². The van der Waals surface area contributed by atoms with Crippen LogP contribution >= 0.6 is 12.4 Å². The highest BCUT2D eigenvalue weighted by molar-refractivity contribution is 6.10. The lowest BCUT2D eigenvalue weighted by Gasteiger charge is -2.28. The highest BCUT2D eigenvalue weighted by atomic mass is 35.5. The Hall–Kier alpha value is -2.57. The van der Waals surface area contributed by atoms with Crippen LogP contribution in [-0.4, -0.2) is 32.0 Å². The van der Waals surface area contributed by atoms with Gasteiger partial charge in [-0.2, -0.15) is 0 Å². The molecule has 0 spiro atoms. The molecule has 1 aliphatic heterocycles. The van der Waals surface area contributed by atoms with Crippen molar-refractivity contribution in [2.75, 3.05) is 30.8 Å². The molecule has 1 aliphatic rings. The fourth-order valence-electron chi connectivity index (χ4n) is 3.71. The lowest BCUT2D eigenvalue weighted by atomic mass is 9.85. The van der Waals surface area contributed by atoms with Crippen LogP contribution in [0.1, 0.15) is 36.5 Å². The average Bonchev–Trinajstić information content (AvgIpc) is 2.74. The van der Waals surface area contributed by atoms with E-state index in [1.807, 2.05) is 18.2 Å². The molecule has 6 nitrogen and oxygen atoms in total. The van der Waals surface area contributed by atoms with Gasteiger partial charge >= 0.3 is 0 Å². The molecule has 2 atom stereocenters. The van der Waals surface area contributed by atoms with Crippen molar-refractivity contribution >= 4 is 35.6 Å². The predicted octanol–water partition coefficient (Wildman–Crippen LogP) is 4.33. The van der Waals surface area contributed by atoms with Gasteiger partial charge < -0.3 is 20.7 Å². The second-order valence-electron chi connectivity index (χ2n) is 7.57. The Morgan fingerprint density at radius 2 is 1.97 bits per heavy atom. The van der Waals surface area contributed by atoms with E-state index in [1.165, 1.54) is 0 Å². The predicted molar refractivity (Wildman–Crippen MR) is 123 cm³/mol. The van der Waals surface area contributed by atoms with Gasteiger partial charge in [0.05, 0.1) is 18.4 Å². The van der Waals surface area contributed by atoms with Crippen LogP contribution in [0.5, 0.6) is 5.75 Å². The molecule has 1 heterocycles. The highest BCUT2D eigenvalue weighted by Gasteiger charge is 2.22. The first-order chi connectivity index (χ1) is 14.1. The smallest absolute Gasteiger partial charge is 0.257 e. The Morgan fingerprint density at radius 3 is 2.70 bits per heavy atom. The van der Waals surface area contributed by atoms with Crippen molar-refractivity contribution in [3.8, 4) is 5.75 Å². The van der Waals surface area contributed by atoms with Crippen LogP contribution < -0.4 is 20.7 Å². The average molecular weight is 432 g/mol. The van der Waals surface area contributed by atoms with E-state index in [9.17, 15) is 9.59 Å². The van der Waals surface area contributed by atoms with Gasteiger partial charge in [-0.25, -0.2) is 0 Å². The highest BCUT2D eigenvalue weighted by Crippen LogP contribution is 2.24. The van der Waals surface area contributed by atoms with Crippen LogP contribution in [0.25, 0.3) is 0 Å². The molecule has 3 N–H and O–H groups in total. The lowest BCUT2D eigenvalue weighted by molar-refractivity contribution is -0.117. The fourth-order valence-corrected chi connectivity index (χ4v) is 3.71. The first kappa shape index (κ1) is 23.7. The van der Waals surface area contributed by atoms with Gasteiger partial charge in [0, 0.05) is 18.2 Å². The van der Waals surface area contributed by atoms with Crippen LogP contribution in [0.4, 0.5) is 11.4 Å². The number of nitrogens with one attached hydrogen (secondary N) is 3. The summed E-state index contributed by atoms with van der Waals surface area (Å²) >= 11 is 0. The number of carbonyl (C=O) groups is 2. The van der Waals surface area contributed by atoms with E-state index < -0.39 is 0 Å². The number of amides is 2. The number of hydrogen-bond donors (Lipinski definition) is 3. The zero-order chi connectivity index (χ0) is 20.6. The maximum atomic E-state index is 12.8. The molecule has 2 amide bonds. The Balaban J connectivity index is 0.00000320. The Kier molecular flexibility index (Phi) is 9.15. The zero-order valence-corrected chi connectivity index (χ0v) is 18.3. The van der Waals surface area contributed by atoms with Gasteiger partial charge in [-0.1, -0.05) is 25.1 Å². The topological polar surface area (TPSA) is 79.5 Å². The molecule has 0 aromatic heterocycles. The summed E-state index contributed by atoms with van der Waals surface area (Å²) in [5.41, 5.74) is 1.58. The van der Waals surface area contributed by atoms with Crippen LogP contribution in [0.15, 0.2) is 48.5 Å². The standard InChI is InChI=1S/C23H29N3O3.ClH/c1-16(17-7-6-12-24-15-17)13-22(27)26-21-11-4-3-10-20(21)23(28)25-18-8-5-9-19(14-18)29-2;/h3-5,8-11,14,16-17,24H,6-7,12-13,15H2,1-2H3,(H,25,28)(H,26,27);1H. The molecule has 0 bridgehead atoms. The number of halogens is 1. The lowest BCUT2D eigenvalue weighted by Crippen LogP contribution is -2.34. The molecule has 0 radical (unpaired) electrons. The summed E-state index contributed by atoms with van der Waals surface area (Å²) in [7, 11) is 1.58. The summed E-state index contributed by atoms with van der Waals surface area (Å²) in [4.78, 5) is 25.4. The molecular formula is C23H30ClN3O3. The van der Waals surface area contributed by atoms with Crippen molar-refractivity contribution in [1.29, 1.82) is 0 Å². The Labute approximate surface area is 184 Å². The van der Waals surface area contributed by atoms with Gasteiger partial charge in [0.15, 0.2) is 0 Å². The van der Waals surface area contributed by atoms with Gasteiger partial charge in [-0.05, 0) is 62.0 Å². The van der Waals surface area contributed by atoms with Gasteiger partial charge in [0.25, 0.3) is 5.91 Å². The SMILES string of the molecule is COc1cccc(NC(=O)c2ccccc2NC(=O)CC(C)C2CCCNC2)c1.Cl. The first-order valence-electron chi connectivity index (χ1n) is 10.1. The zero-order valence-electron chi connectivity index (χ0n) is 17.4. The fraction of sp³-hybridized carbons (Fsp3) is 0.391. The van der Waals surface area contributed by atoms with E-state index in [4.69, 9.17) is 4.74 Å². The molecular weight excluding hydrogens is 402 g/mol. The minimum atomic E-state index is -0.279. The normalized spacial score (nSPS) is 16.7. The molecule has 2 aromatic carbocycles. The Bertz CT molecular complexity index is 853. The van der Waals surface area contributed by atoms with E-state index in [1.54, 1.807) is 37.4 Å². The van der Waals surface area contributed by atoms with Crippen LogP contribution in [0, 0.1) is 11.8 Å². The molecule has 2 unspecified atom stereocenters. The summed E-state index contributed by atoms with van der Waals surface area (Å²) in [6.45, 7) is 4.15. The van der Waals surface area contributed by atoms with Crippen LogP contribution in [0.2, 0.25) is 0 Å². The van der Waals surface area contributed by atoms with Gasteiger partial charge in [0.1, 0.15) is 5.75 Å². The molecule has 3 rings (SSSR count). The monoisotopic (exact) mass is 431 g/mol. The van der Waals surface area contributed by atoms with Gasteiger partial charge in [-0.3, -0.25) is 9.59 Å². The third-order valence-corrected chi connectivity index (χ3v) is 5.42. The molecule has 1 fully saturated rings. The number of ether oxygens (including phenoxy) is 1. The summed E-state index contributed by atoms with van der Waals surface area (Å²) in [5.74, 6) is 1.13. The van der Waals surface area contributed by atoms with Gasteiger partial charge in [0.2, 0.25) is 5.91 Å². The minimum Gasteiger partial charge on any atom is -0.497 e. The van der Waals surface area contributed by atoms with E-state index >= 15 is 0 Å². The summed E-state index contributed by atoms with van der Waals surface area (Å²) < 4.78 is 5.19. The van der Waals surface area contributed by atoms with E-state index in [0.717, 1.165) is 25.9 Å². The third kappa shape index (κ3) is 6.47. The summed E-state index contributed by atoms with van der Waals surface area (Å²) in [6, 6.07) is 14.2. The third-order valence-electron chi connectivity index (χ3n) is 5.42. The molecule has 30 heavy (non-hydrogen) atoms. The Morgan fingerprint density at radius 1 is 1.17 bits per heavy atom. The van der Waals surface area contributed by atoms with Crippen molar-refractivity contribution in [2.45, 2.75) is 26.2 Å². The number of methoxy groups -OCH3 is 1. The number of carbonyl (C=O) groups excluding carboxylic acids is 2. The second-order valence-corrected chi connectivity index (χ2v) is 7.57. The van der Waals surface area contributed by atoms with Crippen molar-refractivity contribution in [3.05, 3.63) is 54.1 Å². The maximum Gasteiger partial charge on any atom is 0.257 e. The minimum absolute atomic E-state index is 0.